The molecule has 2 atom stereocenters. The van der Waals surface area contributed by atoms with E-state index in [0.717, 1.165) is 22.7 Å². The minimum absolute atomic E-state index is 0.0279. The molecular formula is C46H58N4S3. The molecule has 4 nitrogen and oxygen atoms in total. The van der Waals surface area contributed by atoms with Gasteiger partial charge in [-0.2, -0.15) is 21.0 Å². The zero-order valence-electron chi connectivity index (χ0n) is 32.2. The van der Waals surface area contributed by atoms with Crippen LogP contribution in [0.3, 0.4) is 0 Å². The second-order valence-corrected chi connectivity index (χ2v) is 18.0. The lowest BCUT2D eigenvalue weighted by molar-refractivity contribution is 0.553. The molecule has 0 spiro atoms. The normalized spacial score (nSPS) is 16.2. The summed E-state index contributed by atoms with van der Waals surface area (Å²) >= 11 is 4.99. The van der Waals surface area contributed by atoms with Crippen LogP contribution in [0.4, 0.5) is 0 Å². The standard InChI is InChI=1S/C46H58N4S3/c1-3-5-7-9-11-13-15-17-19-21-23-35-29-39-40(30-36(35)24-22-20-18-16-14-12-10-8-6-4-2)46(44-28-26-42(52-44)38(33-49)34-50)53-45(39)43-27-25-41(51-43)37(31-47)32-48/h25-30,43-44H,3-24H2,1-2H3. The zero-order valence-corrected chi connectivity index (χ0v) is 34.6. The molecule has 0 saturated heterocycles. The van der Waals surface area contributed by atoms with E-state index in [1.807, 2.05) is 23.5 Å². The van der Waals surface area contributed by atoms with E-state index >= 15 is 0 Å². The minimum Gasteiger partial charge on any atom is -0.192 e. The number of allylic oxidation sites excluding steroid dienone is 4. The summed E-state index contributed by atoms with van der Waals surface area (Å²) in [6.07, 6.45) is 36.9. The molecule has 0 bridgehead atoms. The van der Waals surface area contributed by atoms with E-state index < -0.39 is 0 Å². The van der Waals surface area contributed by atoms with E-state index in [4.69, 9.17) is 0 Å². The van der Waals surface area contributed by atoms with Crippen molar-refractivity contribution in [3.05, 3.63) is 78.3 Å². The second-order valence-electron chi connectivity index (χ2n) is 14.6. The Bertz CT molecular complexity index is 1620. The molecule has 4 rings (SSSR count). The van der Waals surface area contributed by atoms with Gasteiger partial charge in [-0.3, -0.25) is 0 Å². The molecule has 280 valence electrons. The van der Waals surface area contributed by atoms with Crippen molar-refractivity contribution >= 4 is 45.6 Å². The molecule has 2 aliphatic heterocycles. The third kappa shape index (κ3) is 13.0. The first kappa shape index (κ1) is 42.5. The van der Waals surface area contributed by atoms with Crippen LogP contribution in [0.5, 0.6) is 0 Å². The van der Waals surface area contributed by atoms with Crippen LogP contribution in [0.2, 0.25) is 0 Å². The van der Waals surface area contributed by atoms with Crippen LogP contribution in [0.15, 0.2) is 57.4 Å². The second kappa shape index (κ2) is 24.3. The number of hydrogen-bond donors (Lipinski definition) is 0. The SMILES string of the molecule is CCCCCCCCCCCCc1cc2c(C3C=CC(=C(C#N)C#N)S3)sc(C3C=CC(=C(C#N)C#N)S3)c2cc1CCCCCCCCCCCC. The number of thioether (sulfide) groups is 2. The van der Waals surface area contributed by atoms with Gasteiger partial charge in [-0.25, -0.2) is 0 Å². The highest BCUT2D eigenvalue weighted by Gasteiger charge is 2.29. The number of nitrogens with zero attached hydrogens (tertiary/aromatic N) is 4. The first-order valence-electron chi connectivity index (χ1n) is 20.4. The van der Waals surface area contributed by atoms with Crippen molar-refractivity contribution in [2.75, 3.05) is 0 Å². The van der Waals surface area contributed by atoms with Crippen molar-refractivity contribution in [1.82, 2.24) is 0 Å². The van der Waals surface area contributed by atoms with Crippen molar-refractivity contribution in [2.45, 2.75) is 166 Å². The van der Waals surface area contributed by atoms with Crippen LogP contribution in [0, 0.1) is 45.3 Å². The number of nitriles is 4. The van der Waals surface area contributed by atoms with Gasteiger partial charge in [0.1, 0.15) is 35.4 Å². The lowest BCUT2D eigenvalue weighted by Crippen LogP contribution is -1.98. The molecule has 3 heterocycles. The molecule has 0 radical (unpaired) electrons. The quantitative estimate of drug-likeness (QED) is 0.0780. The van der Waals surface area contributed by atoms with Gasteiger partial charge < -0.3 is 0 Å². The van der Waals surface area contributed by atoms with E-state index in [1.54, 1.807) is 23.5 Å². The monoisotopic (exact) mass is 762 g/mol. The van der Waals surface area contributed by atoms with Gasteiger partial charge in [0.25, 0.3) is 0 Å². The maximum Gasteiger partial charge on any atom is 0.143 e. The average molecular weight is 763 g/mol. The van der Waals surface area contributed by atoms with E-state index in [-0.39, 0.29) is 21.6 Å². The molecule has 7 heteroatoms. The summed E-state index contributed by atoms with van der Waals surface area (Å²) in [6, 6.07) is 13.2. The molecule has 0 aliphatic carbocycles. The molecule has 1 aromatic carbocycles. The van der Waals surface area contributed by atoms with Gasteiger partial charge in [0.05, 0.1) is 10.5 Å². The third-order valence-electron chi connectivity index (χ3n) is 10.5. The lowest BCUT2D eigenvalue weighted by Gasteiger charge is -2.14. The van der Waals surface area contributed by atoms with E-state index in [0.29, 0.717) is 0 Å². The summed E-state index contributed by atoms with van der Waals surface area (Å²) in [5.74, 6) is 0. The smallest absolute Gasteiger partial charge is 0.143 e. The Balaban J connectivity index is 1.57. The number of fused-ring (bicyclic) bond motifs is 1. The fourth-order valence-electron chi connectivity index (χ4n) is 7.44. The van der Waals surface area contributed by atoms with Crippen molar-refractivity contribution in [2.24, 2.45) is 0 Å². The molecule has 0 fully saturated rings. The molecule has 53 heavy (non-hydrogen) atoms. The van der Waals surface area contributed by atoms with Gasteiger partial charge in [0, 0.05) is 19.6 Å². The zero-order chi connectivity index (χ0) is 37.7. The van der Waals surface area contributed by atoms with Crippen LogP contribution >= 0.6 is 34.9 Å². The molecule has 2 unspecified atom stereocenters. The summed E-state index contributed by atoms with van der Waals surface area (Å²) in [6.45, 7) is 4.56. The first-order valence-corrected chi connectivity index (χ1v) is 23.0. The van der Waals surface area contributed by atoms with Gasteiger partial charge in [-0.05, 0) is 71.9 Å². The van der Waals surface area contributed by atoms with Crippen LogP contribution in [0.1, 0.15) is 174 Å². The van der Waals surface area contributed by atoms with E-state index in [1.165, 1.54) is 160 Å². The highest BCUT2D eigenvalue weighted by molar-refractivity contribution is 8.04. The van der Waals surface area contributed by atoms with Crippen molar-refractivity contribution in [1.29, 1.82) is 21.0 Å². The van der Waals surface area contributed by atoms with E-state index in [9.17, 15) is 21.0 Å². The maximum absolute atomic E-state index is 9.57. The maximum atomic E-state index is 9.57. The Kier molecular flexibility index (Phi) is 19.5. The number of hydrogen-bond acceptors (Lipinski definition) is 7. The molecule has 0 N–H and O–H groups in total. The summed E-state index contributed by atoms with van der Waals surface area (Å²) in [5.41, 5.74) is 3.28. The predicted molar refractivity (Wildman–Crippen MR) is 228 cm³/mol. The van der Waals surface area contributed by atoms with Crippen LogP contribution in [0.25, 0.3) is 10.8 Å². The summed E-state index contributed by atoms with van der Waals surface area (Å²) in [7, 11) is 0. The topological polar surface area (TPSA) is 95.2 Å². The molecule has 1 aromatic heterocycles. The predicted octanol–water partition coefficient (Wildman–Crippen LogP) is 15.1. The van der Waals surface area contributed by atoms with Gasteiger partial charge >= 0.3 is 0 Å². The average Bonchev–Trinajstić information content (AvgIpc) is 3.94. The Morgan fingerprint density at radius 3 is 1.13 bits per heavy atom. The van der Waals surface area contributed by atoms with Crippen molar-refractivity contribution in [3.8, 4) is 24.3 Å². The molecule has 2 aliphatic rings. The van der Waals surface area contributed by atoms with Crippen LogP contribution in [-0.4, -0.2) is 0 Å². The summed E-state index contributed by atoms with van der Waals surface area (Å²) < 4.78 is 0. The van der Waals surface area contributed by atoms with Gasteiger partial charge in [-0.15, -0.1) is 34.9 Å². The molecule has 0 amide bonds. The summed E-state index contributed by atoms with van der Waals surface area (Å²) in [4.78, 5) is 3.98. The van der Waals surface area contributed by atoms with Gasteiger partial charge in [-0.1, -0.05) is 142 Å². The van der Waals surface area contributed by atoms with Crippen molar-refractivity contribution in [3.63, 3.8) is 0 Å². The van der Waals surface area contributed by atoms with Crippen molar-refractivity contribution < 1.29 is 0 Å². The number of thiophene rings is 1. The number of benzene rings is 1. The van der Waals surface area contributed by atoms with Gasteiger partial charge in [0.15, 0.2) is 0 Å². The van der Waals surface area contributed by atoms with Crippen LogP contribution in [-0.2, 0) is 12.8 Å². The Morgan fingerprint density at radius 1 is 0.491 bits per heavy atom. The first-order chi connectivity index (χ1) is 26.1. The Labute approximate surface area is 333 Å². The lowest BCUT2D eigenvalue weighted by atomic mass is 9.92. The summed E-state index contributed by atoms with van der Waals surface area (Å²) in [5, 5.41) is 40.9. The van der Waals surface area contributed by atoms with E-state index in [2.05, 4.69) is 62.4 Å². The third-order valence-corrected chi connectivity index (χ3v) is 14.7. The minimum atomic E-state index is 0.0279. The molecule has 2 aromatic rings. The Hall–Kier alpha value is -3.20. The number of aryl methyl sites for hydroxylation is 2. The highest BCUT2D eigenvalue weighted by atomic mass is 32.2. The number of unbranched alkanes of at least 4 members (excludes halogenated alkanes) is 18. The largest absolute Gasteiger partial charge is 0.192 e. The highest BCUT2D eigenvalue weighted by Crippen LogP contribution is 2.54. The van der Waals surface area contributed by atoms with Gasteiger partial charge in [0.2, 0.25) is 0 Å². The molecule has 0 saturated carbocycles. The fourth-order valence-corrected chi connectivity index (χ4v) is 11.3. The number of rotatable bonds is 24. The molecular weight excluding hydrogens is 705 g/mol. The van der Waals surface area contributed by atoms with Crippen LogP contribution < -0.4 is 0 Å². The Morgan fingerprint density at radius 2 is 0.811 bits per heavy atom. The fraction of sp³-hybridized carbons (Fsp3) is 0.565.